The van der Waals surface area contributed by atoms with Gasteiger partial charge in [0.15, 0.2) is 9.84 Å². The Hall–Kier alpha value is -1.73. The molecule has 0 spiro atoms. The maximum atomic E-state index is 12.5. The number of hydrazone groups is 1. The fourth-order valence-electron chi connectivity index (χ4n) is 2.64. The minimum atomic E-state index is -2.98. The maximum absolute atomic E-state index is 12.5. The molecule has 23 heavy (non-hydrogen) atoms. The van der Waals surface area contributed by atoms with Gasteiger partial charge in [-0.1, -0.05) is 17.7 Å². The number of benzene rings is 1. The fourth-order valence-corrected chi connectivity index (χ4v) is 4.47. The molecule has 1 aromatic carbocycles. The van der Waals surface area contributed by atoms with Gasteiger partial charge in [-0.15, -0.1) is 0 Å². The monoisotopic (exact) mass is 353 g/mol. The van der Waals surface area contributed by atoms with Crippen LogP contribution in [0.1, 0.15) is 13.3 Å². The first-order valence-electron chi connectivity index (χ1n) is 7.24. The Morgan fingerprint density at radius 1 is 1.43 bits per heavy atom. The summed E-state index contributed by atoms with van der Waals surface area (Å²) < 4.78 is 22.9. The standard InChI is InChI=1S/C15H16ClN3O3S/c1-10-14(8-17-12-5-6-23(21,22)9-12)15(20)19(18-10)13-4-2-3-11(16)7-13/h2-4,7-8,12,14H,5-6,9H2,1H3/t12-,14+/m0/s1. The molecule has 2 atom stereocenters. The van der Waals surface area contributed by atoms with Crippen molar-refractivity contribution in [2.45, 2.75) is 19.4 Å². The highest BCUT2D eigenvalue weighted by molar-refractivity contribution is 7.91. The SMILES string of the molecule is CC1=NN(c2cccc(Cl)c2)C(=O)[C@@H]1C=N[C@H]1CCS(=O)(=O)C1. The molecule has 0 radical (unpaired) electrons. The Balaban J connectivity index is 1.75. The van der Waals surface area contributed by atoms with Crippen LogP contribution in [0.4, 0.5) is 5.69 Å². The molecule has 3 rings (SSSR count). The molecule has 1 aromatic rings. The van der Waals surface area contributed by atoms with E-state index in [-0.39, 0.29) is 23.5 Å². The molecule has 2 aliphatic rings. The van der Waals surface area contributed by atoms with Crippen molar-refractivity contribution < 1.29 is 13.2 Å². The predicted octanol–water partition coefficient (Wildman–Crippen LogP) is 1.94. The van der Waals surface area contributed by atoms with E-state index < -0.39 is 15.8 Å². The third-order valence-electron chi connectivity index (χ3n) is 3.89. The van der Waals surface area contributed by atoms with E-state index in [9.17, 15) is 13.2 Å². The molecule has 6 nitrogen and oxygen atoms in total. The second-order valence-electron chi connectivity index (χ2n) is 5.70. The second kappa shape index (κ2) is 6.05. The zero-order valence-corrected chi connectivity index (χ0v) is 14.1. The average molecular weight is 354 g/mol. The lowest BCUT2D eigenvalue weighted by molar-refractivity contribution is -0.118. The Bertz CT molecular complexity index is 804. The molecule has 8 heteroatoms. The largest absolute Gasteiger partial charge is 0.292 e. The van der Waals surface area contributed by atoms with Crippen molar-refractivity contribution in [3.63, 3.8) is 0 Å². The number of amides is 1. The molecule has 1 amide bonds. The van der Waals surface area contributed by atoms with Crippen LogP contribution < -0.4 is 5.01 Å². The normalized spacial score (nSPS) is 27.0. The molecule has 1 fully saturated rings. The first-order valence-corrected chi connectivity index (χ1v) is 9.44. The van der Waals surface area contributed by atoms with Crippen molar-refractivity contribution in [1.82, 2.24) is 0 Å². The molecule has 2 heterocycles. The van der Waals surface area contributed by atoms with Gasteiger partial charge in [-0.3, -0.25) is 9.79 Å². The molecule has 0 aliphatic carbocycles. The summed E-state index contributed by atoms with van der Waals surface area (Å²) in [7, 11) is -2.98. The molecular formula is C15H16ClN3O3S. The summed E-state index contributed by atoms with van der Waals surface area (Å²) in [5.41, 5.74) is 1.22. The van der Waals surface area contributed by atoms with Gasteiger partial charge in [0.2, 0.25) is 0 Å². The van der Waals surface area contributed by atoms with Gasteiger partial charge in [0, 0.05) is 11.2 Å². The number of hydrogen-bond acceptors (Lipinski definition) is 5. The number of carbonyl (C=O) groups excluding carboxylic acids is 1. The summed E-state index contributed by atoms with van der Waals surface area (Å²) in [4.78, 5) is 16.8. The van der Waals surface area contributed by atoms with Crippen molar-refractivity contribution in [2.75, 3.05) is 16.5 Å². The number of hydrogen-bond donors (Lipinski definition) is 0. The van der Waals surface area contributed by atoms with Crippen molar-refractivity contribution in [3.05, 3.63) is 29.3 Å². The van der Waals surface area contributed by atoms with E-state index in [1.807, 2.05) is 0 Å². The second-order valence-corrected chi connectivity index (χ2v) is 8.37. The van der Waals surface area contributed by atoms with E-state index in [1.165, 1.54) is 11.2 Å². The Labute approximate surface area is 139 Å². The number of carbonyl (C=O) groups is 1. The average Bonchev–Trinajstić information content (AvgIpc) is 2.97. The molecule has 0 aromatic heterocycles. The lowest BCUT2D eigenvalue weighted by atomic mass is 10.1. The lowest BCUT2D eigenvalue weighted by Gasteiger charge is -2.13. The van der Waals surface area contributed by atoms with Gasteiger partial charge in [0.1, 0.15) is 5.92 Å². The third kappa shape index (κ3) is 3.45. The fraction of sp³-hybridized carbons (Fsp3) is 0.400. The van der Waals surface area contributed by atoms with Crippen LogP contribution in [-0.2, 0) is 14.6 Å². The third-order valence-corrected chi connectivity index (χ3v) is 5.88. The lowest BCUT2D eigenvalue weighted by Crippen LogP contribution is -2.28. The molecule has 0 unspecified atom stereocenters. The molecule has 0 bridgehead atoms. The number of sulfone groups is 1. The molecule has 1 saturated heterocycles. The number of rotatable bonds is 3. The summed E-state index contributed by atoms with van der Waals surface area (Å²) in [5, 5.41) is 6.10. The van der Waals surface area contributed by atoms with E-state index >= 15 is 0 Å². The van der Waals surface area contributed by atoms with Crippen molar-refractivity contribution in [2.24, 2.45) is 16.0 Å². The van der Waals surface area contributed by atoms with Crippen molar-refractivity contribution >= 4 is 45.0 Å². The highest BCUT2D eigenvalue weighted by Gasteiger charge is 2.34. The quantitative estimate of drug-likeness (QED) is 0.779. The molecule has 0 N–H and O–H groups in total. The Morgan fingerprint density at radius 3 is 2.87 bits per heavy atom. The van der Waals surface area contributed by atoms with E-state index in [0.29, 0.717) is 22.8 Å². The molecule has 0 saturated carbocycles. The van der Waals surface area contributed by atoms with Gasteiger partial charge in [0.25, 0.3) is 5.91 Å². The van der Waals surface area contributed by atoms with Crippen LogP contribution in [0.25, 0.3) is 0 Å². The van der Waals surface area contributed by atoms with Crippen LogP contribution in [0, 0.1) is 5.92 Å². The minimum Gasteiger partial charge on any atom is -0.292 e. The number of nitrogens with zero attached hydrogens (tertiary/aromatic N) is 3. The molecule has 122 valence electrons. The Kier molecular flexibility index (Phi) is 4.25. The van der Waals surface area contributed by atoms with E-state index in [1.54, 1.807) is 31.2 Å². The van der Waals surface area contributed by atoms with Gasteiger partial charge in [-0.2, -0.15) is 10.1 Å². The summed E-state index contributed by atoms with van der Waals surface area (Å²) in [6, 6.07) is 6.63. The van der Waals surface area contributed by atoms with Gasteiger partial charge in [0.05, 0.1) is 28.9 Å². The first-order chi connectivity index (χ1) is 10.9. The van der Waals surface area contributed by atoms with Crippen LogP contribution in [0.3, 0.4) is 0 Å². The maximum Gasteiger partial charge on any atom is 0.261 e. The van der Waals surface area contributed by atoms with E-state index in [0.717, 1.165) is 0 Å². The van der Waals surface area contributed by atoms with E-state index in [2.05, 4.69) is 10.1 Å². The van der Waals surface area contributed by atoms with Gasteiger partial charge < -0.3 is 0 Å². The zero-order chi connectivity index (χ0) is 16.6. The zero-order valence-electron chi connectivity index (χ0n) is 12.5. The number of anilines is 1. The molecular weight excluding hydrogens is 338 g/mol. The van der Waals surface area contributed by atoms with Gasteiger partial charge in [-0.05, 0) is 31.5 Å². The van der Waals surface area contributed by atoms with Gasteiger partial charge in [-0.25, -0.2) is 8.42 Å². The van der Waals surface area contributed by atoms with Crippen molar-refractivity contribution in [1.29, 1.82) is 0 Å². The van der Waals surface area contributed by atoms with E-state index in [4.69, 9.17) is 11.6 Å². The Morgan fingerprint density at radius 2 is 2.22 bits per heavy atom. The van der Waals surface area contributed by atoms with Crippen LogP contribution >= 0.6 is 11.6 Å². The predicted molar refractivity (Wildman–Crippen MR) is 91.1 cm³/mol. The highest BCUT2D eigenvalue weighted by Crippen LogP contribution is 2.26. The van der Waals surface area contributed by atoms with Crippen LogP contribution in [0.2, 0.25) is 5.02 Å². The van der Waals surface area contributed by atoms with Crippen LogP contribution in [0.15, 0.2) is 34.4 Å². The summed E-state index contributed by atoms with van der Waals surface area (Å²) in [6.45, 7) is 1.75. The van der Waals surface area contributed by atoms with Crippen LogP contribution in [-0.4, -0.2) is 43.8 Å². The number of aliphatic imine (C=N–C) groups is 1. The highest BCUT2D eigenvalue weighted by atomic mass is 35.5. The molecule has 2 aliphatic heterocycles. The number of halogens is 1. The minimum absolute atomic E-state index is 0.0542. The first kappa shape index (κ1) is 16.1. The van der Waals surface area contributed by atoms with Crippen LogP contribution in [0.5, 0.6) is 0 Å². The smallest absolute Gasteiger partial charge is 0.261 e. The van der Waals surface area contributed by atoms with Crippen molar-refractivity contribution in [3.8, 4) is 0 Å². The van der Waals surface area contributed by atoms with Gasteiger partial charge >= 0.3 is 0 Å². The summed E-state index contributed by atoms with van der Waals surface area (Å²) in [6.07, 6.45) is 2.03. The topological polar surface area (TPSA) is 79.2 Å². The summed E-state index contributed by atoms with van der Waals surface area (Å²) in [5.74, 6) is -0.555. The summed E-state index contributed by atoms with van der Waals surface area (Å²) >= 11 is 5.95.